The number of hydrogen-bond donors (Lipinski definition) is 2. The molecule has 0 aromatic heterocycles. The van der Waals surface area contributed by atoms with Crippen molar-refractivity contribution in [2.75, 3.05) is 20.2 Å². The zero-order chi connectivity index (χ0) is 5.54. The van der Waals surface area contributed by atoms with E-state index in [1.165, 1.54) is 0 Å². The van der Waals surface area contributed by atoms with Gasteiger partial charge in [-0.05, 0) is 13.0 Å². The molecule has 5 heteroatoms. The van der Waals surface area contributed by atoms with Crippen molar-refractivity contribution in [3.63, 3.8) is 0 Å². The average molecular weight is 177 g/mol. The van der Waals surface area contributed by atoms with Crippen LogP contribution in [-0.4, -0.2) is 20.2 Å². The molecule has 0 aliphatic heterocycles. The van der Waals surface area contributed by atoms with Crippen molar-refractivity contribution >= 4 is 24.8 Å². The molecule has 3 nitrogen and oxygen atoms in total. The molecule has 0 radical (unpaired) electrons. The number of nitrogens with two attached hydrogens (primary N) is 1. The Hall–Kier alpha value is 0.460. The van der Waals surface area contributed by atoms with Crippen LogP contribution in [0.1, 0.15) is 6.42 Å². The molecule has 0 atom stereocenters. The molecule has 3 N–H and O–H groups in total. The molecule has 9 heavy (non-hydrogen) atoms. The van der Waals surface area contributed by atoms with E-state index in [-0.39, 0.29) is 24.8 Å². The number of hydroxylamine groups is 1. The molecule has 0 aliphatic rings. The van der Waals surface area contributed by atoms with Gasteiger partial charge in [0, 0.05) is 6.54 Å². The maximum atomic E-state index is 5.17. The smallest absolute Gasteiger partial charge is 0.0572 e. The largest absolute Gasteiger partial charge is 0.330 e. The molecule has 0 heterocycles. The summed E-state index contributed by atoms with van der Waals surface area (Å²) >= 11 is 0. The van der Waals surface area contributed by atoms with Crippen molar-refractivity contribution in [1.82, 2.24) is 5.48 Å². The fourth-order valence-electron chi connectivity index (χ4n) is 0.276. The highest BCUT2D eigenvalue weighted by molar-refractivity contribution is 5.85. The summed E-state index contributed by atoms with van der Waals surface area (Å²) in [6.07, 6.45) is 0.966. The molecule has 0 fully saturated rings. The first kappa shape index (κ1) is 16.2. The van der Waals surface area contributed by atoms with E-state index in [1.54, 1.807) is 7.11 Å². The van der Waals surface area contributed by atoms with Crippen LogP contribution in [0.4, 0.5) is 0 Å². The van der Waals surface area contributed by atoms with Crippen molar-refractivity contribution in [1.29, 1.82) is 0 Å². The van der Waals surface area contributed by atoms with E-state index < -0.39 is 0 Å². The Bertz CT molecular complexity index is 35.7. The topological polar surface area (TPSA) is 47.3 Å². The quantitative estimate of drug-likeness (QED) is 0.480. The van der Waals surface area contributed by atoms with Gasteiger partial charge in [0.2, 0.25) is 0 Å². The molecule has 0 saturated heterocycles. The second-order valence-electron chi connectivity index (χ2n) is 1.24. The van der Waals surface area contributed by atoms with Crippen molar-refractivity contribution in [3.8, 4) is 0 Å². The average Bonchev–Trinajstić information content (AvgIpc) is 1.69. The number of nitrogens with one attached hydrogen (secondary N) is 1. The van der Waals surface area contributed by atoms with Gasteiger partial charge in [0.15, 0.2) is 0 Å². The maximum Gasteiger partial charge on any atom is 0.0572 e. The molecule has 0 aliphatic carbocycles. The van der Waals surface area contributed by atoms with Gasteiger partial charge in [0.05, 0.1) is 7.11 Å². The summed E-state index contributed by atoms with van der Waals surface area (Å²) in [5, 5.41) is 0. The minimum Gasteiger partial charge on any atom is -0.330 e. The Kier molecular flexibility index (Phi) is 28.5. The maximum absolute atomic E-state index is 5.17. The summed E-state index contributed by atoms with van der Waals surface area (Å²) in [5.41, 5.74) is 7.84. The minimum absolute atomic E-state index is 0. The van der Waals surface area contributed by atoms with E-state index in [9.17, 15) is 0 Å². The second-order valence-corrected chi connectivity index (χ2v) is 1.24. The van der Waals surface area contributed by atoms with Gasteiger partial charge in [0.1, 0.15) is 0 Å². The lowest BCUT2D eigenvalue weighted by Gasteiger charge is -1.95. The van der Waals surface area contributed by atoms with Gasteiger partial charge in [-0.3, -0.25) is 0 Å². The number of hydrogen-bond acceptors (Lipinski definition) is 3. The first-order valence-corrected chi connectivity index (χ1v) is 2.37. The van der Waals surface area contributed by atoms with Crippen LogP contribution in [0.15, 0.2) is 0 Å². The van der Waals surface area contributed by atoms with Crippen LogP contribution in [0.2, 0.25) is 0 Å². The molecule has 0 bridgehead atoms. The van der Waals surface area contributed by atoms with Gasteiger partial charge in [-0.2, -0.15) is 0 Å². The lowest BCUT2D eigenvalue weighted by Crippen LogP contribution is -2.16. The lowest BCUT2D eigenvalue weighted by atomic mass is 10.4. The summed E-state index contributed by atoms with van der Waals surface area (Å²) in [5.74, 6) is 0. The monoisotopic (exact) mass is 176 g/mol. The zero-order valence-electron chi connectivity index (χ0n) is 5.42. The zero-order valence-corrected chi connectivity index (χ0v) is 7.06. The van der Waals surface area contributed by atoms with Crippen molar-refractivity contribution in [2.24, 2.45) is 5.73 Å². The van der Waals surface area contributed by atoms with E-state index >= 15 is 0 Å². The van der Waals surface area contributed by atoms with Crippen molar-refractivity contribution < 1.29 is 4.84 Å². The van der Waals surface area contributed by atoms with Gasteiger partial charge in [-0.1, -0.05) is 0 Å². The summed E-state index contributed by atoms with van der Waals surface area (Å²) in [4.78, 5) is 4.54. The van der Waals surface area contributed by atoms with Crippen molar-refractivity contribution in [2.45, 2.75) is 6.42 Å². The fraction of sp³-hybridized carbons (Fsp3) is 1.00. The summed E-state index contributed by atoms with van der Waals surface area (Å²) in [6.45, 7) is 1.56. The molecule has 60 valence electrons. The third kappa shape index (κ3) is 17.7. The van der Waals surface area contributed by atoms with E-state index in [1.807, 2.05) is 0 Å². The minimum atomic E-state index is 0. The second kappa shape index (κ2) is 15.8. The van der Waals surface area contributed by atoms with E-state index in [2.05, 4.69) is 10.3 Å². The normalized spacial score (nSPS) is 7.33. The van der Waals surface area contributed by atoms with Gasteiger partial charge >= 0.3 is 0 Å². The highest BCUT2D eigenvalue weighted by Gasteiger charge is 1.77. The highest BCUT2D eigenvalue weighted by Crippen LogP contribution is 1.66. The van der Waals surface area contributed by atoms with Crippen LogP contribution in [0.25, 0.3) is 0 Å². The van der Waals surface area contributed by atoms with Crippen LogP contribution in [0.3, 0.4) is 0 Å². The van der Waals surface area contributed by atoms with Crippen molar-refractivity contribution in [3.05, 3.63) is 0 Å². The molecule has 0 rings (SSSR count). The van der Waals surface area contributed by atoms with Gasteiger partial charge in [-0.15, -0.1) is 24.8 Å². The SMILES string of the molecule is CONCCCN.Cl.Cl. The van der Waals surface area contributed by atoms with Gasteiger partial charge in [-0.25, -0.2) is 5.48 Å². The van der Waals surface area contributed by atoms with Crippen LogP contribution in [0, 0.1) is 0 Å². The Morgan fingerprint density at radius 1 is 1.44 bits per heavy atom. The first-order valence-electron chi connectivity index (χ1n) is 2.37. The Morgan fingerprint density at radius 3 is 2.33 bits per heavy atom. The molecule has 0 saturated carbocycles. The summed E-state index contributed by atoms with van der Waals surface area (Å²) < 4.78 is 0. The Labute approximate surface area is 68.1 Å². The van der Waals surface area contributed by atoms with Gasteiger partial charge in [0.25, 0.3) is 0 Å². The van der Waals surface area contributed by atoms with Gasteiger partial charge < -0.3 is 10.6 Å². The predicted molar refractivity (Wildman–Crippen MR) is 43.2 cm³/mol. The molecule has 0 aromatic carbocycles. The van der Waals surface area contributed by atoms with Crippen LogP contribution < -0.4 is 11.2 Å². The van der Waals surface area contributed by atoms with E-state index in [0.29, 0.717) is 0 Å². The Balaban J connectivity index is -0.000000180. The standard InChI is InChI=1S/C4H12N2O.2ClH/c1-7-6-4-2-3-5;;/h6H,2-5H2,1H3;2*1H. The third-order valence-electron chi connectivity index (χ3n) is 0.627. The lowest BCUT2D eigenvalue weighted by molar-refractivity contribution is 0.0915. The number of rotatable bonds is 4. The van der Waals surface area contributed by atoms with Crippen LogP contribution >= 0.6 is 24.8 Å². The molecular formula is C4H14Cl2N2O. The molecule has 0 unspecified atom stereocenters. The molecule has 0 aromatic rings. The van der Waals surface area contributed by atoms with Crippen LogP contribution in [-0.2, 0) is 4.84 Å². The predicted octanol–water partition coefficient (Wildman–Crippen LogP) is 0.330. The molecular weight excluding hydrogens is 163 g/mol. The highest BCUT2D eigenvalue weighted by atomic mass is 35.5. The number of halogens is 2. The fourth-order valence-corrected chi connectivity index (χ4v) is 0.276. The third-order valence-corrected chi connectivity index (χ3v) is 0.627. The summed E-state index contributed by atoms with van der Waals surface area (Å²) in [7, 11) is 1.59. The molecule has 0 spiro atoms. The first-order chi connectivity index (χ1) is 3.41. The van der Waals surface area contributed by atoms with E-state index in [0.717, 1.165) is 19.5 Å². The molecule has 0 amide bonds. The summed E-state index contributed by atoms with van der Waals surface area (Å²) in [6, 6.07) is 0. The Morgan fingerprint density at radius 2 is 2.00 bits per heavy atom. The van der Waals surface area contributed by atoms with E-state index in [4.69, 9.17) is 5.73 Å². The van der Waals surface area contributed by atoms with Crippen LogP contribution in [0.5, 0.6) is 0 Å².